The van der Waals surface area contributed by atoms with Crippen LogP contribution in [0.3, 0.4) is 0 Å². The number of amides is 1. The number of nitrogens with zero attached hydrogens (tertiary/aromatic N) is 3. The molecule has 0 atom stereocenters. The zero-order valence-corrected chi connectivity index (χ0v) is 15.4. The number of thioether (sulfide) groups is 1. The van der Waals surface area contributed by atoms with Gasteiger partial charge in [0, 0.05) is 17.6 Å². The Morgan fingerprint density at radius 3 is 2.68 bits per heavy atom. The Labute approximate surface area is 155 Å². The maximum atomic E-state index is 13.1. The van der Waals surface area contributed by atoms with Crippen molar-refractivity contribution in [3.63, 3.8) is 0 Å². The highest BCUT2D eigenvalue weighted by molar-refractivity contribution is 8.18. The first-order valence-electron chi connectivity index (χ1n) is 8.57. The fraction of sp³-hybridized carbons (Fsp3) is 0.316. The van der Waals surface area contributed by atoms with Gasteiger partial charge in [-0.15, -0.1) is 11.3 Å². The highest BCUT2D eigenvalue weighted by atomic mass is 32.2. The van der Waals surface area contributed by atoms with Crippen molar-refractivity contribution in [2.24, 2.45) is 4.99 Å². The number of aliphatic imine (C=N–C) groups is 1. The Balaban J connectivity index is 1.68. The van der Waals surface area contributed by atoms with Gasteiger partial charge in [-0.2, -0.15) is 4.99 Å². The smallest absolute Gasteiger partial charge is 0.267 e. The molecule has 2 heterocycles. The number of aromatic nitrogens is 1. The highest BCUT2D eigenvalue weighted by Crippen LogP contribution is 2.38. The van der Waals surface area contributed by atoms with Crippen LogP contribution in [0.4, 0.5) is 5.13 Å². The second-order valence-corrected chi connectivity index (χ2v) is 8.08. The molecule has 0 spiro atoms. The Kier molecular flexibility index (Phi) is 4.99. The second-order valence-electron chi connectivity index (χ2n) is 6.20. The standard InChI is InChI=1S/C19H19N3OS2/c23-17-16(13-14-7-3-1-4-8-14)25-19(21-18-20-11-12-24-18)22(17)15-9-5-2-6-10-15/h1,3-4,7-8,11-13,15H,2,5-6,9-10H2/b16-13-,21-19+. The topological polar surface area (TPSA) is 45.6 Å². The van der Waals surface area contributed by atoms with E-state index in [9.17, 15) is 4.79 Å². The van der Waals surface area contributed by atoms with Crippen molar-refractivity contribution >= 4 is 45.4 Å². The third kappa shape index (κ3) is 3.70. The van der Waals surface area contributed by atoms with Gasteiger partial charge in [0.1, 0.15) is 0 Å². The number of carbonyl (C=O) groups excluding carboxylic acids is 1. The molecule has 4 rings (SSSR count). The van der Waals surface area contributed by atoms with Crippen LogP contribution in [0, 0.1) is 0 Å². The molecule has 25 heavy (non-hydrogen) atoms. The molecule has 1 amide bonds. The first kappa shape index (κ1) is 16.5. The van der Waals surface area contributed by atoms with E-state index < -0.39 is 0 Å². The van der Waals surface area contributed by atoms with E-state index in [-0.39, 0.29) is 11.9 Å². The van der Waals surface area contributed by atoms with Crippen LogP contribution < -0.4 is 0 Å². The molecule has 1 aliphatic carbocycles. The van der Waals surface area contributed by atoms with Crippen molar-refractivity contribution in [3.05, 3.63) is 52.4 Å². The van der Waals surface area contributed by atoms with E-state index >= 15 is 0 Å². The number of hydrogen-bond donors (Lipinski definition) is 0. The van der Waals surface area contributed by atoms with E-state index in [0.29, 0.717) is 5.13 Å². The van der Waals surface area contributed by atoms with Crippen molar-refractivity contribution in [3.8, 4) is 0 Å². The SMILES string of the molecule is O=C1/C(=C/c2ccccc2)S/C(=N/c2nccs2)N1C1CCCCC1. The third-order valence-electron chi connectivity index (χ3n) is 4.48. The fourth-order valence-electron chi connectivity index (χ4n) is 3.28. The van der Waals surface area contributed by atoms with Crippen LogP contribution in [-0.2, 0) is 4.79 Å². The molecule has 1 saturated heterocycles. The molecule has 6 heteroatoms. The molecule has 2 fully saturated rings. The summed E-state index contributed by atoms with van der Waals surface area (Å²) in [7, 11) is 0. The van der Waals surface area contributed by atoms with Gasteiger partial charge < -0.3 is 0 Å². The molecular weight excluding hydrogens is 350 g/mol. The van der Waals surface area contributed by atoms with Gasteiger partial charge in [0.05, 0.1) is 4.91 Å². The minimum absolute atomic E-state index is 0.0797. The lowest BCUT2D eigenvalue weighted by Crippen LogP contribution is -2.40. The van der Waals surface area contributed by atoms with Crippen molar-refractivity contribution in [2.45, 2.75) is 38.1 Å². The molecule has 0 N–H and O–H groups in total. The molecule has 1 aromatic carbocycles. The van der Waals surface area contributed by atoms with Gasteiger partial charge in [-0.1, -0.05) is 49.6 Å². The highest BCUT2D eigenvalue weighted by Gasteiger charge is 2.38. The Morgan fingerprint density at radius 2 is 1.96 bits per heavy atom. The normalized spacial score (nSPS) is 22.2. The summed E-state index contributed by atoms with van der Waals surface area (Å²) in [4.78, 5) is 24.7. The first-order valence-corrected chi connectivity index (χ1v) is 10.3. The van der Waals surface area contributed by atoms with Gasteiger partial charge in [-0.3, -0.25) is 9.69 Å². The molecule has 4 nitrogen and oxygen atoms in total. The number of benzene rings is 1. The lowest BCUT2D eigenvalue weighted by Gasteiger charge is -2.30. The summed E-state index contributed by atoms with van der Waals surface area (Å²) in [6.45, 7) is 0. The van der Waals surface area contributed by atoms with Gasteiger partial charge in [0.15, 0.2) is 5.17 Å². The molecule has 128 valence electrons. The van der Waals surface area contributed by atoms with Gasteiger partial charge in [0.25, 0.3) is 5.91 Å². The average molecular weight is 370 g/mol. The van der Waals surface area contributed by atoms with E-state index in [1.54, 1.807) is 6.20 Å². The number of rotatable bonds is 3. The Hall–Kier alpha value is -1.92. The third-order valence-corrected chi connectivity index (χ3v) is 6.13. The molecular formula is C19H19N3OS2. The lowest BCUT2D eigenvalue weighted by atomic mass is 9.94. The fourth-order valence-corrected chi connectivity index (χ4v) is 4.88. The van der Waals surface area contributed by atoms with Crippen LogP contribution in [0.1, 0.15) is 37.7 Å². The molecule has 1 aromatic heterocycles. The monoisotopic (exact) mass is 369 g/mol. The van der Waals surface area contributed by atoms with Crippen LogP contribution in [-0.4, -0.2) is 27.0 Å². The summed E-state index contributed by atoms with van der Waals surface area (Å²) in [5.74, 6) is 0.0797. The van der Waals surface area contributed by atoms with Gasteiger partial charge >= 0.3 is 0 Å². The van der Waals surface area contributed by atoms with Crippen LogP contribution >= 0.6 is 23.1 Å². The Bertz CT molecular complexity index is 793. The van der Waals surface area contributed by atoms with Crippen LogP contribution in [0.2, 0.25) is 0 Å². The number of amidine groups is 1. The quantitative estimate of drug-likeness (QED) is 0.709. The summed E-state index contributed by atoms with van der Waals surface area (Å²) < 4.78 is 0. The molecule has 1 aliphatic heterocycles. The predicted molar refractivity (Wildman–Crippen MR) is 105 cm³/mol. The summed E-state index contributed by atoms with van der Waals surface area (Å²) in [6.07, 6.45) is 9.45. The molecule has 0 radical (unpaired) electrons. The maximum Gasteiger partial charge on any atom is 0.267 e. The second kappa shape index (κ2) is 7.54. The molecule has 0 unspecified atom stereocenters. The predicted octanol–water partition coefficient (Wildman–Crippen LogP) is 5.08. The van der Waals surface area contributed by atoms with Gasteiger partial charge in [-0.05, 0) is 36.2 Å². The van der Waals surface area contributed by atoms with E-state index in [1.165, 1.54) is 42.4 Å². The molecule has 1 saturated carbocycles. The van der Waals surface area contributed by atoms with E-state index in [2.05, 4.69) is 9.98 Å². The Morgan fingerprint density at radius 1 is 1.16 bits per heavy atom. The molecule has 0 bridgehead atoms. The van der Waals surface area contributed by atoms with E-state index in [1.807, 2.05) is 46.7 Å². The molecule has 2 aliphatic rings. The van der Waals surface area contributed by atoms with Crippen LogP contribution in [0.15, 0.2) is 51.8 Å². The van der Waals surface area contributed by atoms with E-state index in [0.717, 1.165) is 28.5 Å². The lowest BCUT2D eigenvalue weighted by molar-refractivity contribution is -0.124. The summed E-state index contributed by atoms with van der Waals surface area (Å²) in [6, 6.07) is 10.2. The average Bonchev–Trinajstić information content (AvgIpc) is 3.26. The number of carbonyl (C=O) groups is 1. The largest absolute Gasteiger partial charge is 0.283 e. The zero-order chi connectivity index (χ0) is 17.1. The van der Waals surface area contributed by atoms with Gasteiger partial charge in [-0.25, -0.2) is 4.98 Å². The summed E-state index contributed by atoms with van der Waals surface area (Å²) in [5, 5.41) is 3.39. The van der Waals surface area contributed by atoms with Crippen LogP contribution in [0.25, 0.3) is 6.08 Å². The summed E-state index contributed by atoms with van der Waals surface area (Å²) >= 11 is 2.96. The van der Waals surface area contributed by atoms with Crippen molar-refractivity contribution in [1.29, 1.82) is 0 Å². The summed E-state index contributed by atoms with van der Waals surface area (Å²) in [5.41, 5.74) is 1.04. The minimum Gasteiger partial charge on any atom is -0.283 e. The first-order chi connectivity index (χ1) is 12.3. The van der Waals surface area contributed by atoms with Gasteiger partial charge in [0.2, 0.25) is 5.13 Å². The van der Waals surface area contributed by atoms with Crippen LogP contribution in [0.5, 0.6) is 0 Å². The van der Waals surface area contributed by atoms with E-state index in [4.69, 9.17) is 0 Å². The maximum absolute atomic E-state index is 13.1. The minimum atomic E-state index is 0.0797. The zero-order valence-electron chi connectivity index (χ0n) is 13.8. The number of hydrogen-bond acceptors (Lipinski definition) is 5. The van der Waals surface area contributed by atoms with Crippen molar-refractivity contribution in [2.75, 3.05) is 0 Å². The van der Waals surface area contributed by atoms with Crippen molar-refractivity contribution < 1.29 is 4.79 Å². The van der Waals surface area contributed by atoms with Crippen molar-refractivity contribution in [1.82, 2.24) is 9.88 Å². The molecule has 2 aromatic rings. The number of thiazole rings is 1.